The van der Waals surface area contributed by atoms with Crippen molar-refractivity contribution in [1.82, 2.24) is 24.4 Å². The lowest BCUT2D eigenvalue weighted by atomic mass is 9.91. The minimum atomic E-state index is -4.22. The summed E-state index contributed by atoms with van der Waals surface area (Å²) in [6.45, 7) is 4.25. The molecule has 14 heteroatoms. The molecule has 1 aromatic carbocycles. The van der Waals surface area contributed by atoms with Crippen LogP contribution in [0.4, 0.5) is 24.8 Å². The molecule has 41 heavy (non-hydrogen) atoms. The molecule has 1 saturated carbocycles. The van der Waals surface area contributed by atoms with E-state index < -0.39 is 45.2 Å². The Kier molecular flexibility index (Phi) is 8.93. The van der Waals surface area contributed by atoms with Crippen LogP contribution in [0.25, 0.3) is 22.4 Å². The van der Waals surface area contributed by atoms with Gasteiger partial charge < -0.3 is 10.2 Å². The molecule has 2 N–H and O–H groups in total. The molecule has 2 aromatic heterocycles. The average molecular weight is 596 g/mol. The van der Waals surface area contributed by atoms with E-state index in [2.05, 4.69) is 39.3 Å². The molecule has 0 saturated heterocycles. The van der Waals surface area contributed by atoms with E-state index in [9.17, 15) is 26.4 Å². The van der Waals surface area contributed by atoms with E-state index >= 15 is 0 Å². The number of aromatic nitrogens is 4. The van der Waals surface area contributed by atoms with Gasteiger partial charge in [0.25, 0.3) is 5.56 Å². The zero-order valence-corrected chi connectivity index (χ0v) is 24.6. The lowest BCUT2D eigenvalue weighted by Crippen LogP contribution is -2.36. The number of nitrogens with one attached hydrogen (secondary N) is 2. The Labute approximate surface area is 237 Å². The van der Waals surface area contributed by atoms with Crippen molar-refractivity contribution in [2.24, 2.45) is 0 Å². The second-order valence-corrected chi connectivity index (χ2v) is 13.0. The maximum Gasteiger partial charge on any atom is 0.278 e. The predicted molar refractivity (Wildman–Crippen MR) is 153 cm³/mol. The highest BCUT2D eigenvalue weighted by atomic mass is 32.2. The molecule has 10 nitrogen and oxygen atoms in total. The fourth-order valence-corrected chi connectivity index (χ4v) is 6.16. The van der Waals surface area contributed by atoms with Crippen LogP contribution < -0.4 is 15.6 Å². The number of alkyl halides is 2. The van der Waals surface area contributed by atoms with Crippen LogP contribution in [0.15, 0.2) is 29.2 Å². The molecule has 0 amide bonds. The normalized spacial score (nSPS) is 18.3. The Morgan fingerprint density at radius 2 is 1.83 bits per heavy atom. The lowest BCUT2D eigenvalue weighted by Gasteiger charge is -2.32. The summed E-state index contributed by atoms with van der Waals surface area (Å²) in [5.41, 5.74) is -0.187. The Hall–Kier alpha value is -3.26. The molecule has 0 spiro atoms. The molecule has 1 aliphatic carbocycles. The van der Waals surface area contributed by atoms with Crippen LogP contribution in [0.1, 0.15) is 58.9 Å². The van der Waals surface area contributed by atoms with Gasteiger partial charge in [0.1, 0.15) is 17.0 Å². The maximum absolute atomic E-state index is 14.9. The number of hydrogen-bond acceptors (Lipinski definition) is 8. The summed E-state index contributed by atoms with van der Waals surface area (Å²) in [7, 11) is -0.0505. The minimum absolute atomic E-state index is 0.0588. The second kappa shape index (κ2) is 11.9. The first-order chi connectivity index (χ1) is 19.1. The highest BCUT2D eigenvalue weighted by molar-refractivity contribution is 7.92. The van der Waals surface area contributed by atoms with Gasteiger partial charge in [0, 0.05) is 30.1 Å². The maximum atomic E-state index is 14.9. The van der Waals surface area contributed by atoms with E-state index in [4.69, 9.17) is 0 Å². The van der Waals surface area contributed by atoms with Gasteiger partial charge in [-0.05, 0) is 72.7 Å². The molecule has 2 heterocycles. The summed E-state index contributed by atoms with van der Waals surface area (Å²) >= 11 is 0. The molecule has 3 aromatic rings. The number of halogens is 3. The third-order valence-electron chi connectivity index (χ3n) is 7.23. The van der Waals surface area contributed by atoms with Gasteiger partial charge in [-0.15, -0.1) is 0 Å². The van der Waals surface area contributed by atoms with Crippen LogP contribution >= 0.6 is 0 Å². The van der Waals surface area contributed by atoms with Crippen molar-refractivity contribution in [3.63, 3.8) is 0 Å². The molecule has 0 aliphatic heterocycles. The summed E-state index contributed by atoms with van der Waals surface area (Å²) in [5.74, 6) is -4.64. The van der Waals surface area contributed by atoms with Gasteiger partial charge in [0.15, 0.2) is 5.65 Å². The molecule has 224 valence electrons. The molecule has 4 rings (SSSR count). The summed E-state index contributed by atoms with van der Waals surface area (Å²) in [5, 5.41) is 3.38. The second-order valence-electron chi connectivity index (χ2n) is 11.2. The number of benzene rings is 1. The smallest absolute Gasteiger partial charge is 0.278 e. The Morgan fingerprint density at radius 1 is 1.15 bits per heavy atom. The number of rotatable bonds is 10. The monoisotopic (exact) mass is 595 g/mol. The Morgan fingerprint density at radius 3 is 2.41 bits per heavy atom. The largest absolute Gasteiger partial charge is 0.351 e. The SMILES string of the molecule is CC(C)n1c(=O)c(-c2ccc(NS(=O)(=O)CCC(C)(F)F)c(F)c2)nc2cnc(NC3CCC(N(C)C)CC3)nc21. The fourth-order valence-electron chi connectivity index (χ4n) is 4.93. The van der Waals surface area contributed by atoms with Gasteiger partial charge in [-0.1, -0.05) is 6.07 Å². The molecule has 0 unspecified atom stereocenters. The van der Waals surface area contributed by atoms with Crippen molar-refractivity contribution >= 4 is 32.8 Å². The number of hydrogen-bond donors (Lipinski definition) is 2. The van der Waals surface area contributed by atoms with E-state index in [1.165, 1.54) is 16.8 Å². The van der Waals surface area contributed by atoms with Crippen LogP contribution in [0.2, 0.25) is 0 Å². The zero-order valence-electron chi connectivity index (χ0n) is 23.8. The number of sulfonamides is 1. The first kappa shape index (κ1) is 30.7. The van der Waals surface area contributed by atoms with Crippen LogP contribution in [0, 0.1) is 5.82 Å². The molecule has 0 radical (unpaired) electrons. The first-order valence-electron chi connectivity index (χ1n) is 13.5. The van der Waals surface area contributed by atoms with Gasteiger partial charge in [0.05, 0.1) is 17.6 Å². The number of anilines is 2. The van der Waals surface area contributed by atoms with Gasteiger partial charge in [-0.2, -0.15) is 4.98 Å². The number of nitrogens with zero attached hydrogens (tertiary/aromatic N) is 5. The van der Waals surface area contributed by atoms with Crippen LogP contribution in [0.3, 0.4) is 0 Å². The molecule has 1 aliphatic rings. The molecule has 1 fully saturated rings. The van der Waals surface area contributed by atoms with E-state index in [0.29, 0.717) is 30.1 Å². The summed E-state index contributed by atoms with van der Waals surface area (Å²) < 4.78 is 68.9. The standard InChI is InChI=1S/C27H36F3N7O3S/c1-16(2)37-24-22(15-31-26(34-24)32-18-7-9-19(10-8-18)36(4)5)33-23(25(37)38)17-6-11-21(20(28)14-17)35-41(39,40)13-12-27(3,29)30/h6,11,14-16,18-19,35H,7-10,12-13H2,1-5H3,(H,31,32,34). The van der Waals surface area contributed by atoms with E-state index in [1.807, 2.05) is 18.6 Å². The summed E-state index contributed by atoms with van der Waals surface area (Å²) in [6.07, 6.45) is 4.67. The highest BCUT2D eigenvalue weighted by Crippen LogP contribution is 2.27. The predicted octanol–water partition coefficient (Wildman–Crippen LogP) is 4.65. The third kappa shape index (κ3) is 7.53. The van der Waals surface area contributed by atoms with Crippen LogP contribution in [-0.4, -0.2) is 70.7 Å². The van der Waals surface area contributed by atoms with Crippen molar-refractivity contribution in [3.8, 4) is 11.3 Å². The van der Waals surface area contributed by atoms with Crippen molar-refractivity contribution in [1.29, 1.82) is 0 Å². The average Bonchev–Trinajstić information content (AvgIpc) is 2.88. The van der Waals surface area contributed by atoms with E-state index in [1.54, 1.807) is 0 Å². The Balaban J connectivity index is 1.61. The fraction of sp³-hybridized carbons (Fsp3) is 0.556. The minimum Gasteiger partial charge on any atom is -0.351 e. The Bertz CT molecular complexity index is 1560. The van der Waals surface area contributed by atoms with Gasteiger partial charge in [0.2, 0.25) is 21.9 Å². The molecular weight excluding hydrogens is 559 g/mol. The van der Waals surface area contributed by atoms with Crippen LogP contribution in [-0.2, 0) is 10.0 Å². The molecule has 0 bridgehead atoms. The topological polar surface area (TPSA) is 122 Å². The zero-order chi connectivity index (χ0) is 30.1. The van der Waals surface area contributed by atoms with Gasteiger partial charge in [-0.25, -0.2) is 31.6 Å². The van der Waals surface area contributed by atoms with Crippen molar-refractivity contribution in [3.05, 3.63) is 40.6 Å². The molecule has 0 atom stereocenters. The van der Waals surface area contributed by atoms with E-state index in [0.717, 1.165) is 37.8 Å². The first-order valence-corrected chi connectivity index (χ1v) is 15.2. The van der Waals surface area contributed by atoms with Crippen molar-refractivity contribution < 1.29 is 21.6 Å². The van der Waals surface area contributed by atoms with Crippen molar-refractivity contribution in [2.45, 2.75) is 76.9 Å². The summed E-state index contributed by atoms with van der Waals surface area (Å²) in [6, 6.07) is 3.91. The molecular formula is C27H36F3N7O3S. The summed E-state index contributed by atoms with van der Waals surface area (Å²) in [4.78, 5) is 29.2. The van der Waals surface area contributed by atoms with Gasteiger partial charge >= 0.3 is 0 Å². The van der Waals surface area contributed by atoms with E-state index in [-0.39, 0.29) is 23.3 Å². The number of fused-ring (bicyclic) bond motifs is 1. The van der Waals surface area contributed by atoms with Crippen molar-refractivity contribution in [2.75, 3.05) is 29.9 Å². The van der Waals surface area contributed by atoms with Crippen LogP contribution in [0.5, 0.6) is 0 Å². The highest BCUT2D eigenvalue weighted by Gasteiger charge is 2.26. The quantitative estimate of drug-likeness (QED) is 0.348. The lowest BCUT2D eigenvalue weighted by molar-refractivity contribution is 0.0189. The third-order valence-corrected chi connectivity index (χ3v) is 8.50. The van der Waals surface area contributed by atoms with Gasteiger partial charge in [-0.3, -0.25) is 14.1 Å².